The summed E-state index contributed by atoms with van der Waals surface area (Å²) in [5.74, 6) is -0.478. The van der Waals surface area contributed by atoms with Crippen LogP contribution in [0.4, 0.5) is 5.69 Å². The molecule has 2 saturated heterocycles. The topological polar surface area (TPSA) is 58.6 Å². The maximum absolute atomic E-state index is 13.4. The quantitative estimate of drug-likeness (QED) is 0.446. The van der Waals surface area contributed by atoms with E-state index in [0.29, 0.717) is 28.2 Å². The Kier molecular flexibility index (Phi) is 6.91. The van der Waals surface area contributed by atoms with Crippen molar-refractivity contribution in [1.82, 2.24) is 5.32 Å². The lowest BCUT2D eigenvalue weighted by Crippen LogP contribution is -2.57. The SMILES string of the molecule is O=C1CC(c2ccc(N3CCOCC3)cc2)(c2ccsc2)NC(=O)C1Sc1cccc(Cl)c1Cl. The molecule has 176 valence electrons. The molecule has 0 spiro atoms. The lowest BCUT2D eigenvalue weighted by atomic mass is 9.77. The Morgan fingerprint density at radius 2 is 1.79 bits per heavy atom. The predicted molar refractivity (Wildman–Crippen MR) is 138 cm³/mol. The molecule has 2 atom stereocenters. The van der Waals surface area contributed by atoms with Crippen molar-refractivity contribution < 1.29 is 14.3 Å². The van der Waals surface area contributed by atoms with Crippen molar-refractivity contribution in [2.75, 3.05) is 31.2 Å². The number of amides is 1. The van der Waals surface area contributed by atoms with Crippen LogP contribution in [-0.4, -0.2) is 43.2 Å². The van der Waals surface area contributed by atoms with Crippen molar-refractivity contribution in [3.05, 3.63) is 80.5 Å². The lowest BCUT2D eigenvalue weighted by molar-refractivity contribution is -0.132. The normalized spacial score (nSPS) is 23.1. The summed E-state index contributed by atoms with van der Waals surface area (Å²) in [6.07, 6.45) is 0.155. The van der Waals surface area contributed by atoms with Crippen LogP contribution in [0, 0.1) is 0 Å². The van der Waals surface area contributed by atoms with Crippen molar-refractivity contribution in [2.45, 2.75) is 22.1 Å². The number of piperidine rings is 1. The number of hydrogen-bond acceptors (Lipinski definition) is 6. The number of carbonyl (C=O) groups is 2. The second kappa shape index (κ2) is 9.91. The minimum Gasteiger partial charge on any atom is -0.378 e. The van der Waals surface area contributed by atoms with Gasteiger partial charge in [0.25, 0.3) is 0 Å². The molecule has 1 aromatic heterocycles. The highest BCUT2D eigenvalue weighted by Crippen LogP contribution is 2.42. The van der Waals surface area contributed by atoms with Crippen molar-refractivity contribution in [2.24, 2.45) is 0 Å². The van der Waals surface area contributed by atoms with Crippen molar-refractivity contribution in [3.8, 4) is 0 Å². The van der Waals surface area contributed by atoms with E-state index in [0.717, 1.165) is 41.7 Å². The number of halogens is 2. The van der Waals surface area contributed by atoms with Gasteiger partial charge in [-0.15, -0.1) is 11.8 Å². The van der Waals surface area contributed by atoms with Gasteiger partial charge < -0.3 is 15.0 Å². The average Bonchev–Trinajstić information content (AvgIpc) is 3.40. The molecule has 2 aromatic carbocycles. The van der Waals surface area contributed by atoms with E-state index in [4.69, 9.17) is 27.9 Å². The summed E-state index contributed by atoms with van der Waals surface area (Å²) in [5.41, 5.74) is 1.98. The molecule has 2 unspecified atom stereocenters. The summed E-state index contributed by atoms with van der Waals surface area (Å²) in [6.45, 7) is 3.10. The largest absolute Gasteiger partial charge is 0.378 e. The minimum absolute atomic E-state index is 0.145. The van der Waals surface area contributed by atoms with Gasteiger partial charge in [-0.3, -0.25) is 9.59 Å². The van der Waals surface area contributed by atoms with Crippen LogP contribution in [0.1, 0.15) is 17.5 Å². The van der Waals surface area contributed by atoms with Crippen LogP contribution in [0.2, 0.25) is 10.0 Å². The second-order valence-corrected chi connectivity index (χ2v) is 11.0. The number of ether oxygens (including phenoxy) is 1. The number of thioether (sulfide) groups is 1. The maximum atomic E-state index is 13.4. The number of ketones is 1. The minimum atomic E-state index is -0.910. The number of nitrogens with one attached hydrogen (secondary N) is 1. The van der Waals surface area contributed by atoms with E-state index >= 15 is 0 Å². The van der Waals surface area contributed by atoms with Crippen LogP contribution < -0.4 is 10.2 Å². The van der Waals surface area contributed by atoms with Gasteiger partial charge in [0, 0.05) is 30.1 Å². The number of morpholine rings is 1. The van der Waals surface area contributed by atoms with E-state index in [2.05, 4.69) is 22.3 Å². The first-order valence-electron chi connectivity index (χ1n) is 10.9. The summed E-state index contributed by atoms with van der Waals surface area (Å²) in [4.78, 5) is 29.7. The number of thiophene rings is 1. The van der Waals surface area contributed by atoms with Crippen LogP contribution in [0.15, 0.2) is 64.2 Å². The van der Waals surface area contributed by atoms with E-state index in [-0.39, 0.29) is 18.1 Å². The molecular weight excluding hydrogens is 511 g/mol. The molecule has 9 heteroatoms. The van der Waals surface area contributed by atoms with Gasteiger partial charge >= 0.3 is 0 Å². The Bertz CT molecular complexity index is 1180. The van der Waals surface area contributed by atoms with Gasteiger partial charge in [-0.1, -0.05) is 41.4 Å². The van der Waals surface area contributed by atoms with E-state index in [1.807, 2.05) is 29.0 Å². The van der Waals surface area contributed by atoms with Gasteiger partial charge in [-0.25, -0.2) is 0 Å². The molecule has 3 aromatic rings. The molecule has 1 N–H and O–H groups in total. The Morgan fingerprint density at radius 3 is 2.47 bits per heavy atom. The van der Waals surface area contributed by atoms with Gasteiger partial charge in [-0.05, 0) is 52.2 Å². The second-order valence-electron chi connectivity index (χ2n) is 8.25. The molecule has 2 fully saturated rings. The van der Waals surface area contributed by atoms with Gasteiger partial charge in [0.1, 0.15) is 5.25 Å². The van der Waals surface area contributed by atoms with Crippen LogP contribution in [-0.2, 0) is 19.9 Å². The zero-order valence-electron chi connectivity index (χ0n) is 18.1. The molecule has 2 aliphatic heterocycles. The van der Waals surface area contributed by atoms with Gasteiger partial charge in [0.2, 0.25) is 5.91 Å². The predicted octanol–water partition coefficient (Wildman–Crippen LogP) is 5.39. The van der Waals surface area contributed by atoms with E-state index in [9.17, 15) is 9.59 Å². The third-order valence-corrected chi connectivity index (χ3v) is 9.14. The number of hydrogen-bond donors (Lipinski definition) is 1. The van der Waals surface area contributed by atoms with E-state index in [1.165, 1.54) is 11.3 Å². The third-order valence-electron chi connectivity index (χ3n) is 6.22. The van der Waals surface area contributed by atoms with Crippen LogP contribution in [0.25, 0.3) is 0 Å². The number of Topliss-reactive ketones (excluding diaryl/α,β-unsaturated/α-hetero) is 1. The van der Waals surface area contributed by atoms with Crippen molar-refractivity contribution in [3.63, 3.8) is 0 Å². The zero-order valence-corrected chi connectivity index (χ0v) is 21.3. The molecule has 3 heterocycles. The fourth-order valence-corrected chi connectivity index (χ4v) is 6.67. The van der Waals surface area contributed by atoms with E-state index < -0.39 is 10.8 Å². The Labute approximate surface area is 216 Å². The van der Waals surface area contributed by atoms with Gasteiger partial charge in [0.15, 0.2) is 5.78 Å². The highest BCUT2D eigenvalue weighted by atomic mass is 35.5. The first-order valence-corrected chi connectivity index (χ1v) is 13.5. The lowest BCUT2D eigenvalue weighted by Gasteiger charge is -2.40. The highest BCUT2D eigenvalue weighted by Gasteiger charge is 2.47. The third kappa shape index (κ3) is 4.48. The Balaban J connectivity index is 1.45. The van der Waals surface area contributed by atoms with Crippen LogP contribution in [0.3, 0.4) is 0 Å². The average molecular weight is 534 g/mol. The molecule has 2 aliphatic rings. The molecule has 5 rings (SSSR count). The summed E-state index contributed by atoms with van der Waals surface area (Å²) in [7, 11) is 0. The Hall–Kier alpha value is -2.03. The first-order chi connectivity index (χ1) is 16.5. The molecule has 5 nitrogen and oxygen atoms in total. The van der Waals surface area contributed by atoms with Crippen LogP contribution in [0.5, 0.6) is 0 Å². The summed E-state index contributed by atoms with van der Waals surface area (Å²) < 4.78 is 5.45. The fourth-order valence-electron chi connectivity index (χ4n) is 4.44. The van der Waals surface area contributed by atoms with Gasteiger partial charge in [-0.2, -0.15) is 11.3 Å². The Morgan fingerprint density at radius 1 is 1.03 bits per heavy atom. The molecular formula is C25H22Cl2N2O3S2. The van der Waals surface area contributed by atoms with Gasteiger partial charge in [0.05, 0.1) is 28.8 Å². The summed E-state index contributed by atoms with van der Waals surface area (Å²) in [5, 5.41) is 7.00. The monoisotopic (exact) mass is 532 g/mol. The molecule has 0 saturated carbocycles. The fraction of sp³-hybridized carbons (Fsp3) is 0.280. The number of nitrogens with zero attached hydrogens (tertiary/aromatic N) is 1. The zero-order chi connectivity index (χ0) is 23.7. The maximum Gasteiger partial charge on any atom is 0.242 e. The van der Waals surface area contributed by atoms with Crippen LogP contribution >= 0.6 is 46.3 Å². The first kappa shape index (κ1) is 23.7. The number of benzene rings is 2. The molecule has 1 amide bonds. The van der Waals surface area contributed by atoms with Crippen molar-refractivity contribution >= 4 is 63.7 Å². The number of anilines is 1. The molecule has 0 bridgehead atoms. The molecule has 0 radical (unpaired) electrons. The summed E-state index contributed by atoms with van der Waals surface area (Å²) >= 11 is 15.1. The standard InChI is InChI=1S/C25H22Cl2N2O3S2/c26-19-2-1-3-21(22(19)27)34-23-20(30)14-25(28-24(23)31,17-8-13-33-15-17)16-4-6-18(7-5-16)29-9-11-32-12-10-29/h1-8,13,15,23H,9-12,14H2,(H,28,31). The summed E-state index contributed by atoms with van der Waals surface area (Å²) in [6, 6.07) is 15.3. The highest BCUT2D eigenvalue weighted by molar-refractivity contribution is 8.01. The van der Waals surface area contributed by atoms with Crippen molar-refractivity contribution in [1.29, 1.82) is 0 Å². The number of rotatable bonds is 5. The number of carbonyl (C=O) groups excluding carboxylic acids is 2. The molecule has 0 aliphatic carbocycles. The smallest absolute Gasteiger partial charge is 0.242 e. The van der Waals surface area contributed by atoms with E-state index in [1.54, 1.807) is 18.2 Å². The molecule has 34 heavy (non-hydrogen) atoms.